The van der Waals surface area contributed by atoms with E-state index in [2.05, 4.69) is 17.6 Å². The third-order valence-electron chi connectivity index (χ3n) is 3.55. The predicted molar refractivity (Wildman–Crippen MR) is 62.0 cm³/mol. The van der Waals surface area contributed by atoms with Crippen LogP contribution in [0.2, 0.25) is 0 Å². The second kappa shape index (κ2) is 5.83. The molecule has 2 rings (SSSR count). The maximum atomic E-state index is 5.83. The second-order valence-electron chi connectivity index (χ2n) is 5.05. The van der Waals surface area contributed by atoms with E-state index >= 15 is 0 Å². The Morgan fingerprint density at radius 1 is 1.27 bits per heavy atom. The predicted octanol–water partition coefficient (Wildman–Crippen LogP) is 1.14. The Bertz CT molecular complexity index is 174. The fourth-order valence-electron chi connectivity index (χ4n) is 2.52. The van der Waals surface area contributed by atoms with Crippen LogP contribution in [-0.2, 0) is 4.74 Å². The minimum atomic E-state index is 0.508. The number of rotatable bonds is 5. The zero-order valence-corrected chi connectivity index (χ0v) is 9.80. The van der Waals surface area contributed by atoms with Gasteiger partial charge in [0.05, 0.1) is 12.7 Å². The summed E-state index contributed by atoms with van der Waals surface area (Å²) in [5.74, 6) is 0.938. The Labute approximate surface area is 93.0 Å². The molecule has 0 radical (unpaired) electrons. The third kappa shape index (κ3) is 3.74. The van der Waals surface area contributed by atoms with E-state index in [0.717, 1.165) is 38.2 Å². The van der Waals surface area contributed by atoms with Gasteiger partial charge in [0.25, 0.3) is 0 Å². The smallest absolute Gasteiger partial charge is 0.0600 e. The summed E-state index contributed by atoms with van der Waals surface area (Å²) in [6.07, 6.45) is 5.58. The fourth-order valence-corrected chi connectivity index (χ4v) is 2.52. The van der Waals surface area contributed by atoms with Gasteiger partial charge in [-0.3, -0.25) is 0 Å². The van der Waals surface area contributed by atoms with Gasteiger partial charge in [0.15, 0.2) is 0 Å². The van der Waals surface area contributed by atoms with Gasteiger partial charge in [-0.1, -0.05) is 6.92 Å². The molecule has 2 aliphatic rings. The highest BCUT2D eigenvalue weighted by Crippen LogP contribution is 2.25. The highest BCUT2D eigenvalue weighted by Gasteiger charge is 2.24. The summed E-state index contributed by atoms with van der Waals surface area (Å²) in [4.78, 5) is 0. The molecular weight excluding hydrogens is 188 g/mol. The summed E-state index contributed by atoms with van der Waals surface area (Å²) in [6.45, 7) is 6.48. The minimum absolute atomic E-state index is 0.508. The summed E-state index contributed by atoms with van der Waals surface area (Å²) < 4.78 is 5.83. The highest BCUT2D eigenvalue weighted by atomic mass is 16.5. The van der Waals surface area contributed by atoms with Gasteiger partial charge >= 0.3 is 0 Å². The molecule has 0 aromatic heterocycles. The van der Waals surface area contributed by atoms with Gasteiger partial charge in [-0.05, 0) is 44.7 Å². The third-order valence-corrected chi connectivity index (χ3v) is 3.55. The molecule has 0 aromatic carbocycles. The molecule has 2 N–H and O–H groups in total. The van der Waals surface area contributed by atoms with Crippen molar-refractivity contribution >= 4 is 0 Å². The number of hydrogen-bond donors (Lipinski definition) is 2. The van der Waals surface area contributed by atoms with Crippen LogP contribution in [0.1, 0.15) is 32.6 Å². The Balaban J connectivity index is 1.44. The van der Waals surface area contributed by atoms with Crippen molar-refractivity contribution in [1.82, 2.24) is 10.6 Å². The maximum absolute atomic E-state index is 5.83. The molecule has 0 spiro atoms. The number of nitrogens with one attached hydrogen (secondary N) is 2. The van der Waals surface area contributed by atoms with Crippen LogP contribution in [0.15, 0.2) is 0 Å². The SMILES string of the molecule is CC1CC(NCCOC2CCNCC2)C1. The van der Waals surface area contributed by atoms with Crippen LogP contribution >= 0.6 is 0 Å². The van der Waals surface area contributed by atoms with E-state index in [1.165, 1.54) is 25.7 Å². The quantitative estimate of drug-likeness (QED) is 0.671. The molecular formula is C12H24N2O. The molecule has 1 saturated carbocycles. The van der Waals surface area contributed by atoms with E-state index < -0.39 is 0 Å². The van der Waals surface area contributed by atoms with Gasteiger partial charge < -0.3 is 15.4 Å². The van der Waals surface area contributed by atoms with Gasteiger partial charge in [-0.15, -0.1) is 0 Å². The van der Waals surface area contributed by atoms with Crippen LogP contribution in [0, 0.1) is 5.92 Å². The van der Waals surface area contributed by atoms with E-state index in [1.807, 2.05) is 0 Å². The molecule has 1 aliphatic heterocycles. The van der Waals surface area contributed by atoms with E-state index in [-0.39, 0.29) is 0 Å². The van der Waals surface area contributed by atoms with E-state index in [1.54, 1.807) is 0 Å². The zero-order chi connectivity index (χ0) is 10.5. The van der Waals surface area contributed by atoms with Gasteiger partial charge in [-0.25, -0.2) is 0 Å². The monoisotopic (exact) mass is 212 g/mol. The Kier molecular flexibility index (Phi) is 4.42. The molecule has 1 aliphatic carbocycles. The van der Waals surface area contributed by atoms with Crippen molar-refractivity contribution in [2.24, 2.45) is 5.92 Å². The zero-order valence-electron chi connectivity index (χ0n) is 9.80. The largest absolute Gasteiger partial charge is 0.377 e. The first kappa shape index (κ1) is 11.4. The summed E-state index contributed by atoms with van der Waals surface area (Å²) in [7, 11) is 0. The molecule has 1 heterocycles. The summed E-state index contributed by atoms with van der Waals surface area (Å²) in [5, 5.41) is 6.90. The van der Waals surface area contributed by atoms with Crippen LogP contribution in [0.3, 0.4) is 0 Å². The topological polar surface area (TPSA) is 33.3 Å². The first-order chi connectivity index (χ1) is 7.34. The van der Waals surface area contributed by atoms with E-state index in [0.29, 0.717) is 6.10 Å². The van der Waals surface area contributed by atoms with E-state index in [4.69, 9.17) is 4.74 Å². The lowest BCUT2D eigenvalue weighted by Gasteiger charge is -2.33. The molecule has 0 aromatic rings. The van der Waals surface area contributed by atoms with Gasteiger partial charge in [0, 0.05) is 12.6 Å². The van der Waals surface area contributed by atoms with Crippen molar-refractivity contribution < 1.29 is 4.74 Å². The van der Waals surface area contributed by atoms with Crippen molar-refractivity contribution in [2.45, 2.75) is 44.8 Å². The van der Waals surface area contributed by atoms with Crippen molar-refractivity contribution in [3.8, 4) is 0 Å². The second-order valence-corrected chi connectivity index (χ2v) is 5.05. The average Bonchev–Trinajstić information content (AvgIpc) is 2.23. The molecule has 2 fully saturated rings. The lowest BCUT2D eigenvalue weighted by atomic mass is 9.82. The van der Waals surface area contributed by atoms with Crippen LogP contribution in [0.25, 0.3) is 0 Å². The lowest BCUT2D eigenvalue weighted by molar-refractivity contribution is 0.0318. The van der Waals surface area contributed by atoms with Crippen molar-refractivity contribution in [1.29, 1.82) is 0 Å². The first-order valence-corrected chi connectivity index (χ1v) is 6.40. The Morgan fingerprint density at radius 3 is 2.67 bits per heavy atom. The molecule has 3 nitrogen and oxygen atoms in total. The molecule has 0 atom stereocenters. The van der Waals surface area contributed by atoms with E-state index in [9.17, 15) is 0 Å². The standard InChI is InChI=1S/C12H24N2O/c1-10-8-11(9-10)14-6-7-15-12-2-4-13-5-3-12/h10-14H,2-9H2,1H3. The highest BCUT2D eigenvalue weighted by molar-refractivity contribution is 4.82. The number of ether oxygens (including phenoxy) is 1. The molecule has 15 heavy (non-hydrogen) atoms. The summed E-state index contributed by atoms with van der Waals surface area (Å²) in [5.41, 5.74) is 0. The molecule has 0 bridgehead atoms. The molecule has 0 unspecified atom stereocenters. The summed E-state index contributed by atoms with van der Waals surface area (Å²) >= 11 is 0. The average molecular weight is 212 g/mol. The number of hydrogen-bond acceptors (Lipinski definition) is 3. The van der Waals surface area contributed by atoms with Gasteiger partial charge in [-0.2, -0.15) is 0 Å². The van der Waals surface area contributed by atoms with Crippen LogP contribution in [0.5, 0.6) is 0 Å². The molecule has 1 saturated heterocycles. The van der Waals surface area contributed by atoms with Gasteiger partial charge in [0.2, 0.25) is 0 Å². The minimum Gasteiger partial charge on any atom is -0.377 e. The maximum Gasteiger partial charge on any atom is 0.0600 e. The van der Waals surface area contributed by atoms with Crippen LogP contribution < -0.4 is 10.6 Å². The fraction of sp³-hybridized carbons (Fsp3) is 1.00. The van der Waals surface area contributed by atoms with Crippen molar-refractivity contribution in [2.75, 3.05) is 26.2 Å². The Hall–Kier alpha value is -0.120. The molecule has 3 heteroatoms. The summed E-state index contributed by atoms with van der Waals surface area (Å²) in [6, 6.07) is 0.775. The van der Waals surface area contributed by atoms with Crippen molar-refractivity contribution in [3.05, 3.63) is 0 Å². The normalized spacial score (nSPS) is 32.6. The molecule has 0 amide bonds. The van der Waals surface area contributed by atoms with Crippen LogP contribution in [0.4, 0.5) is 0 Å². The Morgan fingerprint density at radius 2 is 2.00 bits per heavy atom. The number of piperidine rings is 1. The first-order valence-electron chi connectivity index (χ1n) is 6.40. The van der Waals surface area contributed by atoms with Gasteiger partial charge in [0.1, 0.15) is 0 Å². The van der Waals surface area contributed by atoms with Crippen molar-refractivity contribution in [3.63, 3.8) is 0 Å². The lowest BCUT2D eigenvalue weighted by Crippen LogP contribution is -2.42. The molecule has 88 valence electrons. The van der Waals surface area contributed by atoms with Crippen LogP contribution in [-0.4, -0.2) is 38.4 Å².